The van der Waals surface area contributed by atoms with Crippen LogP contribution in [-0.4, -0.2) is 32.8 Å². The molecule has 1 aromatic carbocycles. The number of benzene rings is 1. The monoisotopic (exact) mass is 414 g/mol. The van der Waals surface area contributed by atoms with E-state index in [1.54, 1.807) is 23.9 Å². The van der Waals surface area contributed by atoms with Crippen LogP contribution in [0.25, 0.3) is 11.1 Å². The van der Waals surface area contributed by atoms with Gasteiger partial charge in [0.1, 0.15) is 11.9 Å². The van der Waals surface area contributed by atoms with Crippen LogP contribution < -0.4 is 10.2 Å². The quantitative estimate of drug-likeness (QED) is 0.678. The number of hydrogen-bond acceptors (Lipinski definition) is 5. The van der Waals surface area contributed by atoms with Crippen molar-refractivity contribution >= 4 is 17.4 Å². The lowest BCUT2D eigenvalue weighted by atomic mass is 9.89. The predicted octanol–water partition coefficient (Wildman–Crippen LogP) is 4.13. The summed E-state index contributed by atoms with van der Waals surface area (Å²) in [5.41, 5.74) is 3.64. The molecule has 7 heteroatoms. The molecule has 0 aliphatic heterocycles. The molecule has 0 bridgehead atoms. The third kappa shape index (κ3) is 4.75. The predicted molar refractivity (Wildman–Crippen MR) is 120 cm³/mol. The van der Waals surface area contributed by atoms with Crippen LogP contribution in [0.1, 0.15) is 38.2 Å². The Morgan fingerprint density at radius 2 is 1.84 bits per heavy atom. The topological polar surface area (TPSA) is 86.8 Å². The van der Waals surface area contributed by atoms with E-state index in [2.05, 4.69) is 21.5 Å². The summed E-state index contributed by atoms with van der Waals surface area (Å²) >= 11 is 0. The second-order valence-corrected chi connectivity index (χ2v) is 8.03. The summed E-state index contributed by atoms with van der Waals surface area (Å²) in [5.74, 6) is 0.858. The number of nitrogens with one attached hydrogen (secondary N) is 1. The zero-order valence-corrected chi connectivity index (χ0v) is 17.8. The molecule has 2 heterocycles. The Kier molecular flexibility index (Phi) is 5.99. The molecule has 1 saturated carbocycles. The van der Waals surface area contributed by atoms with E-state index in [-0.39, 0.29) is 11.9 Å². The van der Waals surface area contributed by atoms with Crippen molar-refractivity contribution in [1.82, 2.24) is 14.8 Å². The molecule has 0 spiro atoms. The zero-order chi connectivity index (χ0) is 21.8. The molecule has 4 rings (SSSR count). The molecular weight excluding hydrogens is 388 g/mol. The summed E-state index contributed by atoms with van der Waals surface area (Å²) in [6.07, 6.45) is 9.19. The van der Waals surface area contributed by atoms with Gasteiger partial charge in [0.15, 0.2) is 0 Å². The number of hydrogen-bond donors (Lipinski definition) is 1. The summed E-state index contributed by atoms with van der Waals surface area (Å²) in [7, 11) is 1.90. The van der Waals surface area contributed by atoms with Gasteiger partial charge in [0.25, 0.3) is 0 Å². The van der Waals surface area contributed by atoms with Gasteiger partial charge in [-0.3, -0.25) is 9.48 Å². The molecule has 0 saturated heterocycles. The van der Waals surface area contributed by atoms with Gasteiger partial charge in [0, 0.05) is 49.7 Å². The highest BCUT2D eigenvalue weighted by Crippen LogP contribution is 2.30. The van der Waals surface area contributed by atoms with Crippen LogP contribution in [0, 0.1) is 11.3 Å². The van der Waals surface area contributed by atoms with Gasteiger partial charge in [-0.15, -0.1) is 0 Å². The Morgan fingerprint density at radius 3 is 2.39 bits per heavy atom. The first-order chi connectivity index (χ1) is 15.0. The minimum Gasteiger partial charge on any atom is -0.367 e. The number of nitrogens with zero attached hydrogens (tertiary/aromatic N) is 5. The summed E-state index contributed by atoms with van der Waals surface area (Å²) in [5, 5.41) is 16.6. The van der Waals surface area contributed by atoms with Gasteiger partial charge < -0.3 is 10.2 Å². The van der Waals surface area contributed by atoms with Crippen molar-refractivity contribution in [3.63, 3.8) is 0 Å². The van der Waals surface area contributed by atoms with Crippen molar-refractivity contribution in [2.75, 3.05) is 10.2 Å². The number of rotatable bonds is 5. The first-order valence-electron chi connectivity index (χ1n) is 10.5. The molecule has 0 unspecified atom stereocenters. The van der Waals surface area contributed by atoms with E-state index >= 15 is 0 Å². The fraction of sp³-hybridized carbons (Fsp3) is 0.333. The highest BCUT2D eigenvalue weighted by atomic mass is 16.2. The van der Waals surface area contributed by atoms with Gasteiger partial charge in [-0.25, -0.2) is 4.98 Å². The third-order valence-electron chi connectivity index (χ3n) is 5.83. The first-order valence-corrected chi connectivity index (χ1v) is 10.5. The van der Waals surface area contributed by atoms with Crippen LogP contribution in [0.3, 0.4) is 0 Å². The molecule has 1 amide bonds. The summed E-state index contributed by atoms with van der Waals surface area (Å²) in [6, 6.07) is 14.3. The van der Waals surface area contributed by atoms with Crippen LogP contribution >= 0.6 is 0 Å². The minimum absolute atomic E-state index is 0.0688. The SMILES string of the molecule is CC(=O)N(c1ccc(-c2cnn(C)c2)cc1)C1CCC(Nc2ccc(C#N)cn2)CC1. The largest absolute Gasteiger partial charge is 0.367 e. The average molecular weight is 415 g/mol. The van der Waals surface area contributed by atoms with Gasteiger partial charge >= 0.3 is 0 Å². The minimum atomic E-state index is 0.0688. The fourth-order valence-corrected chi connectivity index (χ4v) is 4.27. The molecule has 1 N–H and O–H groups in total. The number of amides is 1. The van der Waals surface area contributed by atoms with Crippen molar-refractivity contribution in [3.8, 4) is 17.2 Å². The number of nitriles is 1. The molecule has 1 aliphatic carbocycles. The lowest BCUT2D eigenvalue weighted by Crippen LogP contribution is -2.43. The van der Waals surface area contributed by atoms with Gasteiger partial charge in [-0.1, -0.05) is 12.1 Å². The second-order valence-electron chi connectivity index (χ2n) is 8.03. The number of aromatic nitrogens is 3. The van der Waals surface area contributed by atoms with Crippen LogP contribution in [0.4, 0.5) is 11.5 Å². The van der Waals surface area contributed by atoms with E-state index in [1.807, 2.05) is 54.7 Å². The van der Waals surface area contributed by atoms with Crippen LogP contribution in [-0.2, 0) is 11.8 Å². The van der Waals surface area contributed by atoms with Crippen molar-refractivity contribution in [1.29, 1.82) is 5.26 Å². The van der Waals surface area contributed by atoms with Gasteiger partial charge in [-0.2, -0.15) is 10.4 Å². The number of carbonyl (C=O) groups is 1. The summed E-state index contributed by atoms with van der Waals surface area (Å²) in [4.78, 5) is 18.7. The Hall–Kier alpha value is -3.66. The highest BCUT2D eigenvalue weighted by molar-refractivity contribution is 5.92. The van der Waals surface area contributed by atoms with Crippen LogP contribution in [0.15, 0.2) is 55.0 Å². The fourth-order valence-electron chi connectivity index (χ4n) is 4.27. The number of carbonyl (C=O) groups excluding carboxylic acids is 1. The average Bonchev–Trinajstić information content (AvgIpc) is 3.22. The Labute approximate surface area is 182 Å². The molecule has 1 fully saturated rings. The molecule has 158 valence electrons. The first kappa shape index (κ1) is 20.6. The maximum Gasteiger partial charge on any atom is 0.224 e. The molecule has 3 aromatic rings. The zero-order valence-electron chi connectivity index (χ0n) is 17.8. The van der Waals surface area contributed by atoms with Gasteiger partial charge in [-0.05, 0) is 55.5 Å². The van der Waals surface area contributed by atoms with E-state index in [0.29, 0.717) is 11.6 Å². The lowest BCUT2D eigenvalue weighted by molar-refractivity contribution is -0.117. The maximum absolute atomic E-state index is 12.5. The Balaban J connectivity index is 1.40. The molecule has 7 nitrogen and oxygen atoms in total. The van der Waals surface area contributed by atoms with Crippen molar-refractivity contribution < 1.29 is 4.79 Å². The normalized spacial score (nSPS) is 18.2. The van der Waals surface area contributed by atoms with Gasteiger partial charge in [0.2, 0.25) is 5.91 Å². The standard InChI is InChI=1S/C24H26N6O/c1-17(31)30(22-8-4-19(5-9-22)20-15-27-29(2)16-20)23-10-6-21(7-11-23)28-24-12-3-18(13-25)14-26-24/h3-5,8-9,12,14-16,21,23H,6-7,10-11H2,1-2H3,(H,26,28). The van der Waals surface area contributed by atoms with E-state index in [4.69, 9.17) is 5.26 Å². The highest BCUT2D eigenvalue weighted by Gasteiger charge is 2.28. The second kappa shape index (κ2) is 9.00. The van der Waals surface area contributed by atoms with E-state index < -0.39 is 0 Å². The number of aryl methyl sites for hydroxylation is 1. The van der Waals surface area contributed by atoms with Gasteiger partial charge in [0.05, 0.1) is 11.8 Å². The summed E-state index contributed by atoms with van der Waals surface area (Å²) in [6.45, 7) is 1.64. The van der Waals surface area contributed by atoms with Crippen LogP contribution in [0.5, 0.6) is 0 Å². The van der Waals surface area contributed by atoms with Crippen LogP contribution in [0.2, 0.25) is 0 Å². The molecule has 2 aromatic heterocycles. The summed E-state index contributed by atoms with van der Waals surface area (Å²) < 4.78 is 1.78. The van der Waals surface area contributed by atoms with Crippen molar-refractivity contribution in [3.05, 3.63) is 60.6 Å². The third-order valence-corrected chi connectivity index (χ3v) is 5.83. The van der Waals surface area contributed by atoms with E-state index in [0.717, 1.165) is 48.3 Å². The molecule has 0 atom stereocenters. The van der Waals surface area contributed by atoms with E-state index in [1.165, 1.54) is 0 Å². The smallest absolute Gasteiger partial charge is 0.224 e. The lowest BCUT2D eigenvalue weighted by Gasteiger charge is -2.37. The Bertz CT molecular complexity index is 1070. The van der Waals surface area contributed by atoms with Crippen molar-refractivity contribution in [2.45, 2.75) is 44.7 Å². The number of anilines is 2. The van der Waals surface area contributed by atoms with Crippen molar-refractivity contribution in [2.24, 2.45) is 7.05 Å². The Morgan fingerprint density at radius 1 is 1.10 bits per heavy atom. The molecule has 31 heavy (non-hydrogen) atoms. The molecule has 1 aliphatic rings. The maximum atomic E-state index is 12.5. The molecular formula is C24H26N6O. The van der Waals surface area contributed by atoms with E-state index in [9.17, 15) is 4.79 Å². The molecule has 0 radical (unpaired) electrons. The number of pyridine rings is 1.